The van der Waals surface area contributed by atoms with Crippen LogP contribution in [-0.4, -0.2) is 23.4 Å². The molecule has 1 aromatic heterocycles. The number of nitrogens with zero attached hydrogens (tertiary/aromatic N) is 2. The smallest absolute Gasteiger partial charge is 0.137 e. The minimum absolute atomic E-state index is 0.638. The van der Waals surface area contributed by atoms with Gasteiger partial charge in [-0.15, -0.1) is 0 Å². The van der Waals surface area contributed by atoms with Crippen molar-refractivity contribution < 1.29 is 4.74 Å². The van der Waals surface area contributed by atoms with Crippen LogP contribution in [0.3, 0.4) is 0 Å². The van der Waals surface area contributed by atoms with E-state index in [4.69, 9.17) is 4.74 Å². The van der Waals surface area contributed by atoms with E-state index in [2.05, 4.69) is 32.4 Å². The molecular formula is C14H18BrN3O. The number of ether oxygens (including phenoxy) is 1. The van der Waals surface area contributed by atoms with Crippen LogP contribution in [0.1, 0.15) is 11.3 Å². The summed E-state index contributed by atoms with van der Waals surface area (Å²) in [5.41, 5.74) is 2.32. The summed E-state index contributed by atoms with van der Waals surface area (Å²) in [6.07, 6.45) is 2.65. The number of benzene rings is 1. The number of hydrogen-bond donors (Lipinski definition) is 1. The lowest BCUT2D eigenvalue weighted by Crippen LogP contribution is -2.10. The first-order valence-corrected chi connectivity index (χ1v) is 7.03. The molecule has 1 N–H and O–H groups in total. The Labute approximate surface area is 121 Å². The van der Waals surface area contributed by atoms with Crippen LogP contribution in [0.2, 0.25) is 0 Å². The third kappa shape index (κ3) is 3.58. The lowest BCUT2D eigenvalue weighted by molar-refractivity contribution is 0.312. The van der Waals surface area contributed by atoms with Gasteiger partial charge in [-0.25, -0.2) is 0 Å². The molecule has 0 saturated heterocycles. The van der Waals surface area contributed by atoms with Gasteiger partial charge in [0.15, 0.2) is 0 Å². The average Bonchev–Trinajstić information content (AvgIpc) is 2.79. The maximum atomic E-state index is 5.92. The summed E-state index contributed by atoms with van der Waals surface area (Å²) in [5, 5.41) is 7.30. The number of nitrogens with one attached hydrogen (secondary N) is 1. The maximum absolute atomic E-state index is 5.92. The zero-order chi connectivity index (χ0) is 13.7. The van der Waals surface area contributed by atoms with Crippen molar-refractivity contribution in [2.75, 3.05) is 13.7 Å². The minimum atomic E-state index is 0.638. The summed E-state index contributed by atoms with van der Waals surface area (Å²) in [6, 6.07) is 8.10. The molecule has 0 fully saturated rings. The number of rotatable bonds is 6. The van der Waals surface area contributed by atoms with Gasteiger partial charge >= 0.3 is 0 Å². The van der Waals surface area contributed by atoms with E-state index in [1.54, 1.807) is 6.20 Å². The number of para-hydroxylation sites is 1. The van der Waals surface area contributed by atoms with E-state index in [1.807, 2.05) is 37.0 Å². The van der Waals surface area contributed by atoms with E-state index < -0.39 is 0 Å². The number of aryl methyl sites for hydroxylation is 1. The molecule has 0 saturated carbocycles. The average molecular weight is 324 g/mol. The Bertz CT molecular complexity index is 539. The molecule has 0 radical (unpaired) electrons. The highest BCUT2D eigenvalue weighted by molar-refractivity contribution is 9.10. The number of halogens is 1. The van der Waals surface area contributed by atoms with Crippen LogP contribution in [0.5, 0.6) is 5.75 Å². The molecule has 5 heteroatoms. The summed E-state index contributed by atoms with van der Waals surface area (Å²) >= 11 is 3.54. The third-order valence-corrected chi connectivity index (χ3v) is 3.57. The van der Waals surface area contributed by atoms with Gasteiger partial charge in [0.1, 0.15) is 5.75 Å². The van der Waals surface area contributed by atoms with Crippen LogP contribution >= 0.6 is 15.9 Å². The molecule has 0 atom stereocenters. The van der Waals surface area contributed by atoms with Gasteiger partial charge in [0.2, 0.25) is 0 Å². The predicted molar refractivity (Wildman–Crippen MR) is 79.3 cm³/mol. The van der Waals surface area contributed by atoms with Crippen molar-refractivity contribution in [2.45, 2.75) is 13.0 Å². The Hall–Kier alpha value is -1.33. The predicted octanol–water partition coefficient (Wildman–Crippen LogP) is 2.52. The van der Waals surface area contributed by atoms with Crippen molar-refractivity contribution >= 4 is 15.9 Å². The van der Waals surface area contributed by atoms with Gasteiger partial charge in [0, 0.05) is 37.5 Å². The summed E-state index contributed by atoms with van der Waals surface area (Å²) in [6.45, 7) is 1.43. The van der Waals surface area contributed by atoms with E-state index in [0.29, 0.717) is 6.61 Å². The normalized spacial score (nSPS) is 10.7. The second kappa shape index (κ2) is 6.73. The molecule has 0 unspecified atom stereocenters. The molecule has 0 aliphatic heterocycles. The van der Waals surface area contributed by atoms with Crippen molar-refractivity contribution in [3.8, 4) is 5.75 Å². The van der Waals surface area contributed by atoms with Gasteiger partial charge in [-0.3, -0.25) is 4.68 Å². The number of aromatic nitrogens is 2. The van der Waals surface area contributed by atoms with Crippen molar-refractivity contribution in [3.05, 3.63) is 46.2 Å². The molecule has 0 aliphatic rings. The Morgan fingerprint density at radius 2 is 2.21 bits per heavy atom. The SMILES string of the molecule is CNCc1cccc(Br)c1OCCc1ccnn1C. The summed E-state index contributed by atoms with van der Waals surface area (Å²) in [5.74, 6) is 0.916. The first-order valence-electron chi connectivity index (χ1n) is 6.24. The Morgan fingerprint density at radius 1 is 1.37 bits per heavy atom. The molecule has 0 aliphatic carbocycles. The van der Waals surface area contributed by atoms with Crippen LogP contribution in [0.15, 0.2) is 34.9 Å². The topological polar surface area (TPSA) is 39.1 Å². The van der Waals surface area contributed by atoms with Crippen LogP contribution in [0, 0.1) is 0 Å². The van der Waals surface area contributed by atoms with Gasteiger partial charge in [-0.05, 0) is 35.1 Å². The van der Waals surface area contributed by atoms with Crippen LogP contribution < -0.4 is 10.1 Å². The zero-order valence-electron chi connectivity index (χ0n) is 11.2. The lowest BCUT2D eigenvalue weighted by atomic mass is 10.2. The van der Waals surface area contributed by atoms with Crippen LogP contribution in [-0.2, 0) is 20.0 Å². The van der Waals surface area contributed by atoms with Crippen LogP contribution in [0.4, 0.5) is 0 Å². The van der Waals surface area contributed by atoms with Gasteiger partial charge in [-0.1, -0.05) is 12.1 Å². The molecule has 4 nitrogen and oxygen atoms in total. The second-order valence-electron chi connectivity index (χ2n) is 4.30. The molecule has 0 spiro atoms. The van der Waals surface area contributed by atoms with Gasteiger partial charge in [0.05, 0.1) is 11.1 Å². The highest BCUT2D eigenvalue weighted by Crippen LogP contribution is 2.29. The largest absolute Gasteiger partial charge is 0.492 e. The van der Waals surface area contributed by atoms with E-state index in [0.717, 1.165) is 28.8 Å². The highest BCUT2D eigenvalue weighted by atomic mass is 79.9. The summed E-state index contributed by atoms with van der Waals surface area (Å²) < 4.78 is 8.78. The van der Waals surface area contributed by atoms with Gasteiger partial charge < -0.3 is 10.1 Å². The van der Waals surface area contributed by atoms with E-state index in [1.165, 1.54) is 5.69 Å². The fourth-order valence-electron chi connectivity index (χ4n) is 1.95. The molecule has 0 amide bonds. The molecule has 102 valence electrons. The standard InChI is InChI=1S/C14H18BrN3O/c1-16-10-11-4-3-5-13(15)14(11)19-9-7-12-6-8-17-18(12)2/h3-6,8,16H,7,9-10H2,1-2H3. The minimum Gasteiger partial charge on any atom is -0.492 e. The van der Waals surface area contributed by atoms with Crippen molar-refractivity contribution in [3.63, 3.8) is 0 Å². The fraction of sp³-hybridized carbons (Fsp3) is 0.357. The monoisotopic (exact) mass is 323 g/mol. The lowest BCUT2D eigenvalue weighted by Gasteiger charge is -2.13. The molecule has 2 aromatic rings. The zero-order valence-corrected chi connectivity index (χ0v) is 12.8. The molecule has 0 bridgehead atoms. The van der Waals surface area contributed by atoms with Crippen molar-refractivity contribution in [1.29, 1.82) is 0 Å². The molecule has 2 rings (SSSR count). The summed E-state index contributed by atoms with van der Waals surface area (Å²) in [4.78, 5) is 0. The molecule has 1 aromatic carbocycles. The van der Waals surface area contributed by atoms with E-state index in [-0.39, 0.29) is 0 Å². The van der Waals surface area contributed by atoms with Crippen molar-refractivity contribution in [2.24, 2.45) is 7.05 Å². The first-order chi connectivity index (χ1) is 9.22. The molecule has 1 heterocycles. The highest BCUT2D eigenvalue weighted by Gasteiger charge is 2.08. The maximum Gasteiger partial charge on any atom is 0.137 e. The molecular weight excluding hydrogens is 306 g/mol. The quantitative estimate of drug-likeness (QED) is 0.887. The Kier molecular flexibility index (Phi) is 4.99. The van der Waals surface area contributed by atoms with Crippen LogP contribution in [0.25, 0.3) is 0 Å². The first kappa shape index (κ1) is 14.1. The number of hydrogen-bond acceptors (Lipinski definition) is 3. The van der Waals surface area contributed by atoms with Crippen molar-refractivity contribution in [1.82, 2.24) is 15.1 Å². The fourth-order valence-corrected chi connectivity index (χ4v) is 2.47. The third-order valence-electron chi connectivity index (χ3n) is 2.94. The Balaban J connectivity index is 2.01. The summed E-state index contributed by atoms with van der Waals surface area (Å²) in [7, 11) is 3.88. The second-order valence-corrected chi connectivity index (χ2v) is 5.16. The van der Waals surface area contributed by atoms with Gasteiger partial charge in [-0.2, -0.15) is 5.10 Å². The molecule has 19 heavy (non-hydrogen) atoms. The van der Waals surface area contributed by atoms with E-state index in [9.17, 15) is 0 Å². The Morgan fingerprint density at radius 3 is 2.89 bits per heavy atom. The van der Waals surface area contributed by atoms with E-state index >= 15 is 0 Å². The van der Waals surface area contributed by atoms with Gasteiger partial charge in [0.25, 0.3) is 0 Å².